The first-order chi connectivity index (χ1) is 14.6. The molecule has 0 aliphatic rings. The van der Waals surface area contributed by atoms with Crippen molar-refractivity contribution in [3.05, 3.63) is 71.5 Å². The fourth-order valence-electron chi connectivity index (χ4n) is 2.76. The quantitative estimate of drug-likeness (QED) is 0.369. The van der Waals surface area contributed by atoms with Crippen LogP contribution in [0.2, 0.25) is 5.02 Å². The molecule has 0 aliphatic carbocycles. The van der Waals surface area contributed by atoms with Crippen molar-refractivity contribution in [3.8, 4) is 5.69 Å². The van der Waals surface area contributed by atoms with Gasteiger partial charge in [-0.3, -0.25) is 14.2 Å². The van der Waals surface area contributed by atoms with Crippen LogP contribution in [0.3, 0.4) is 0 Å². The van der Waals surface area contributed by atoms with Crippen molar-refractivity contribution in [2.24, 2.45) is 0 Å². The van der Waals surface area contributed by atoms with Crippen LogP contribution in [-0.4, -0.2) is 33.7 Å². The van der Waals surface area contributed by atoms with E-state index in [0.717, 1.165) is 18.5 Å². The van der Waals surface area contributed by atoms with E-state index in [4.69, 9.17) is 11.6 Å². The Hall–Kier alpha value is -2.77. The fraction of sp³-hybridized carbons (Fsp3) is 0.227. The van der Waals surface area contributed by atoms with Gasteiger partial charge in [-0.1, -0.05) is 48.8 Å². The molecule has 30 heavy (non-hydrogen) atoms. The zero-order valence-electron chi connectivity index (χ0n) is 16.6. The van der Waals surface area contributed by atoms with Gasteiger partial charge in [0.2, 0.25) is 5.91 Å². The predicted molar refractivity (Wildman–Crippen MR) is 122 cm³/mol. The van der Waals surface area contributed by atoms with Gasteiger partial charge in [0.05, 0.1) is 5.75 Å². The first-order valence-electron chi connectivity index (χ1n) is 9.67. The molecule has 0 unspecified atom stereocenters. The molecule has 0 bridgehead atoms. The Kier molecular flexibility index (Phi) is 7.93. The molecule has 0 saturated carbocycles. The Labute approximate surface area is 185 Å². The summed E-state index contributed by atoms with van der Waals surface area (Å²) in [5.41, 5.74) is 2.05. The monoisotopic (exact) mass is 442 g/mol. The number of nitrogens with one attached hydrogen (secondary N) is 2. The molecule has 0 radical (unpaired) electrons. The van der Waals surface area contributed by atoms with E-state index in [-0.39, 0.29) is 17.6 Å². The Morgan fingerprint density at radius 2 is 2.00 bits per heavy atom. The lowest BCUT2D eigenvalue weighted by molar-refractivity contribution is -0.113. The summed E-state index contributed by atoms with van der Waals surface area (Å²) in [6.45, 7) is 2.74. The predicted octanol–water partition coefficient (Wildman–Crippen LogP) is 4.79. The second kappa shape index (κ2) is 10.8. The summed E-state index contributed by atoms with van der Waals surface area (Å²) in [6.07, 6.45) is 5.46. The molecule has 2 amide bonds. The van der Waals surface area contributed by atoms with Crippen LogP contribution in [0.1, 0.15) is 30.1 Å². The highest BCUT2D eigenvalue weighted by Crippen LogP contribution is 2.22. The summed E-state index contributed by atoms with van der Waals surface area (Å²) in [6, 6.07) is 14.4. The minimum atomic E-state index is -0.152. The first kappa shape index (κ1) is 21.9. The summed E-state index contributed by atoms with van der Waals surface area (Å²) in [4.78, 5) is 29.0. The molecule has 1 heterocycles. The number of halogens is 1. The summed E-state index contributed by atoms with van der Waals surface area (Å²) in [5, 5.41) is 6.97. The van der Waals surface area contributed by atoms with E-state index in [0.29, 0.717) is 28.0 Å². The van der Waals surface area contributed by atoms with Gasteiger partial charge in [-0.25, -0.2) is 4.98 Å². The number of carbonyl (C=O) groups is 2. The molecule has 1 aromatic heterocycles. The van der Waals surface area contributed by atoms with Gasteiger partial charge in [0.1, 0.15) is 0 Å². The largest absolute Gasteiger partial charge is 0.352 e. The van der Waals surface area contributed by atoms with Crippen LogP contribution in [0.25, 0.3) is 5.69 Å². The lowest BCUT2D eigenvalue weighted by Gasteiger charge is -2.10. The topological polar surface area (TPSA) is 76.0 Å². The number of nitrogens with zero attached hydrogens (tertiary/aromatic N) is 2. The lowest BCUT2D eigenvalue weighted by atomic mass is 10.2. The normalized spacial score (nSPS) is 10.6. The second-order valence-electron chi connectivity index (χ2n) is 6.59. The average Bonchev–Trinajstić information content (AvgIpc) is 3.21. The van der Waals surface area contributed by atoms with Gasteiger partial charge in [0.15, 0.2) is 5.16 Å². The molecule has 3 rings (SSSR count). The van der Waals surface area contributed by atoms with E-state index < -0.39 is 0 Å². The Morgan fingerprint density at radius 3 is 2.80 bits per heavy atom. The number of amides is 2. The average molecular weight is 443 g/mol. The molecule has 6 nitrogen and oxygen atoms in total. The van der Waals surface area contributed by atoms with Gasteiger partial charge in [-0.15, -0.1) is 0 Å². The van der Waals surface area contributed by atoms with Gasteiger partial charge >= 0.3 is 0 Å². The number of carbonyl (C=O) groups excluding carboxylic acids is 2. The van der Waals surface area contributed by atoms with Gasteiger partial charge in [0.25, 0.3) is 5.91 Å². The Bertz CT molecular complexity index is 1020. The standard InChI is InChI=1S/C22H23ClN4O2S/c1-2-3-10-24-21(29)16-6-4-9-19(13-16)27-12-11-25-22(27)30-15-20(28)26-18-8-5-7-17(23)14-18/h4-9,11-14H,2-3,10,15H2,1H3,(H,24,29)(H,26,28). The molecule has 8 heteroatoms. The number of anilines is 1. The molecule has 2 N–H and O–H groups in total. The van der Waals surface area contributed by atoms with E-state index >= 15 is 0 Å². The molecule has 0 aliphatic heterocycles. The summed E-state index contributed by atoms with van der Waals surface area (Å²) >= 11 is 7.26. The van der Waals surface area contributed by atoms with Gasteiger partial charge in [-0.05, 0) is 42.8 Å². The number of benzene rings is 2. The van der Waals surface area contributed by atoms with Crippen molar-refractivity contribution < 1.29 is 9.59 Å². The molecule has 3 aromatic rings. The van der Waals surface area contributed by atoms with Crippen molar-refractivity contribution in [3.63, 3.8) is 0 Å². The number of unbranched alkanes of at least 4 members (excludes halogenated alkanes) is 1. The van der Waals surface area contributed by atoms with Gasteiger partial charge < -0.3 is 10.6 Å². The fourth-order valence-corrected chi connectivity index (χ4v) is 3.73. The Morgan fingerprint density at radius 1 is 1.17 bits per heavy atom. The molecule has 156 valence electrons. The van der Waals surface area contributed by atoms with Crippen LogP contribution in [0.15, 0.2) is 66.1 Å². The maximum absolute atomic E-state index is 12.3. The van der Waals surface area contributed by atoms with Crippen LogP contribution in [0, 0.1) is 0 Å². The van der Waals surface area contributed by atoms with Crippen LogP contribution >= 0.6 is 23.4 Å². The Balaban J connectivity index is 1.64. The van der Waals surface area contributed by atoms with E-state index in [1.807, 2.05) is 29.0 Å². The molecule has 0 spiro atoms. The van der Waals surface area contributed by atoms with Crippen LogP contribution in [-0.2, 0) is 4.79 Å². The highest BCUT2D eigenvalue weighted by atomic mass is 35.5. The number of aromatic nitrogens is 2. The third kappa shape index (κ3) is 6.11. The number of imidazole rings is 1. The minimum Gasteiger partial charge on any atom is -0.352 e. The van der Waals surface area contributed by atoms with E-state index in [2.05, 4.69) is 22.5 Å². The molecule has 2 aromatic carbocycles. The summed E-state index contributed by atoms with van der Waals surface area (Å²) in [7, 11) is 0. The smallest absolute Gasteiger partial charge is 0.251 e. The van der Waals surface area contributed by atoms with Gasteiger partial charge in [0, 0.05) is 40.9 Å². The zero-order chi connectivity index (χ0) is 21.3. The maximum Gasteiger partial charge on any atom is 0.251 e. The van der Waals surface area contributed by atoms with Crippen molar-refractivity contribution >= 4 is 40.9 Å². The van der Waals surface area contributed by atoms with Crippen molar-refractivity contribution in [1.82, 2.24) is 14.9 Å². The lowest BCUT2D eigenvalue weighted by Crippen LogP contribution is -2.24. The first-order valence-corrected chi connectivity index (χ1v) is 11.0. The number of thioether (sulfide) groups is 1. The molecular weight excluding hydrogens is 420 g/mol. The third-order valence-corrected chi connectivity index (χ3v) is 5.45. The molecular formula is C22H23ClN4O2S. The molecule has 0 saturated heterocycles. The number of hydrogen-bond acceptors (Lipinski definition) is 4. The van der Waals surface area contributed by atoms with Crippen LogP contribution in [0.5, 0.6) is 0 Å². The van der Waals surface area contributed by atoms with Gasteiger partial charge in [-0.2, -0.15) is 0 Å². The summed E-state index contributed by atoms with van der Waals surface area (Å²) in [5.74, 6) is -0.0536. The highest BCUT2D eigenvalue weighted by molar-refractivity contribution is 7.99. The van der Waals surface area contributed by atoms with Crippen molar-refractivity contribution in [2.45, 2.75) is 24.9 Å². The highest BCUT2D eigenvalue weighted by Gasteiger charge is 2.12. The molecule has 0 atom stereocenters. The SMILES string of the molecule is CCCCNC(=O)c1cccc(-n2ccnc2SCC(=O)Nc2cccc(Cl)c2)c1. The van der Waals surface area contributed by atoms with Crippen molar-refractivity contribution in [1.29, 1.82) is 0 Å². The second-order valence-corrected chi connectivity index (χ2v) is 7.97. The maximum atomic E-state index is 12.3. The number of rotatable bonds is 9. The van der Waals surface area contributed by atoms with Crippen molar-refractivity contribution in [2.75, 3.05) is 17.6 Å². The van der Waals surface area contributed by atoms with E-state index in [1.165, 1.54) is 11.8 Å². The molecule has 0 fully saturated rings. The summed E-state index contributed by atoms with van der Waals surface area (Å²) < 4.78 is 1.86. The third-order valence-electron chi connectivity index (χ3n) is 4.25. The van der Waals surface area contributed by atoms with E-state index in [9.17, 15) is 9.59 Å². The van der Waals surface area contributed by atoms with Crippen LogP contribution in [0.4, 0.5) is 5.69 Å². The minimum absolute atomic E-state index is 0.0967. The zero-order valence-corrected chi connectivity index (χ0v) is 18.2. The van der Waals surface area contributed by atoms with Crippen LogP contribution < -0.4 is 10.6 Å². The van der Waals surface area contributed by atoms with E-state index in [1.54, 1.807) is 36.5 Å². The number of hydrogen-bond donors (Lipinski definition) is 2.